The molecule has 0 aliphatic carbocycles. The average molecular weight is 453 g/mol. The van der Waals surface area contributed by atoms with E-state index in [1.165, 1.54) is 12.1 Å². The number of fused-ring (bicyclic) bond motifs is 1. The van der Waals surface area contributed by atoms with Gasteiger partial charge in [0.05, 0.1) is 12.2 Å². The molecule has 2 aromatic carbocycles. The van der Waals surface area contributed by atoms with E-state index in [4.69, 9.17) is 4.74 Å². The topological polar surface area (TPSA) is 93.4 Å². The van der Waals surface area contributed by atoms with Gasteiger partial charge in [-0.15, -0.1) is 0 Å². The van der Waals surface area contributed by atoms with E-state index in [0.717, 1.165) is 41.8 Å². The van der Waals surface area contributed by atoms with Crippen LogP contribution in [0.2, 0.25) is 0 Å². The van der Waals surface area contributed by atoms with E-state index < -0.39 is 48.9 Å². The number of aliphatic hydroxyl groups is 4. The zero-order valence-electron chi connectivity index (χ0n) is 17.2. The van der Waals surface area contributed by atoms with Crippen LogP contribution in [0.3, 0.4) is 0 Å². The van der Waals surface area contributed by atoms with Crippen LogP contribution in [-0.2, 0) is 23.9 Å². The van der Waals surface area contributed by atoms with Crippen molar-refractivity contribution in [3.63, 3.8) is 0 Å². The Kier molecular flexibility index (Phi) is 6.46. The number of hydrogen-bond donors (Lipinski definition) is 4. The fourth-order valence-electron chi connectivity index (χ4n) is 4.41. The molecule has 2 heterocycles. The highest BCUT2D eigenvalue weighted by atomic mass is 19.4. The van der Waals surface area contributed by atoms with Crippen molar-refractivity contribution in [2.75, 3.05) is 18.1 Å². The number of alkyl halides is 3. The summed E-state index contributed by atoms with van der Waals surface area (Å²) in [6.07, 6.45) is -8.86. The fraction of sp³-hybridized carbons (Fsp3) is 0.478. The summed E-state index contributed by atoms with van der Waals surface area (Å²) in [6.45, 7) is 0.627. The molecular weight excluding hydrogens is 427 g/mol. The standard InChI is InChI=1S/C23H26F3NO5/c24-23(25,26)16-7-3-13(4-8-16)11-27-9-1-2-14-5-6-15(10-17(14)27)22-21(31)20(30)19(29)18(12-28)32-22/h3-8,10,18-22,28-31H,1-2,9,11-12H2/t18-,19-,20+,21-,22+/m1/s1. The fourth-order valence-corrected chi connectivity index (χ4v) is 4.41. The summed E-state index contributed by atoms with van der Waals surface area (Å²) in [4.78, 5) is 2.06. The molecule has 2 aromatic rings. The molecule has 32 heavy (non-hydrogen) atoms. The van der Waals surface area contributed by atoms with Gasteiger partial charge in [0.1, 0.15) is 30.5 Å². The monoisotopic (exact) mass is 453 g/mol. The molecule has 0 spiro atoms. The Morgan fingerprint density at radius 2 is 1.69 bits per heavy atom. The van der Waals surface area contributed by atoms with Gasteiger partial charge in [-0.05, 0) is 47.7 Å². The molecule has 1 fully saturated rings. The number of aliphatic hydroxyl groups excluding tert-OH is 4. The summed E-state index contributed by atoms with van der Waals surface area (Å²) in [5, 5.41) is 40.0. The molecule has 0 amide bonds. The molecule has 0 radical (unpaired) electrons. The predicted molar refractivity (Wildman–Crippen MR) is 110 cm³/mol. The van der Waals surface area contributed by atoms with Crippen LogP contribution in [0, 0.1) is 0 Å². The molecule has 2 aliphatic heterocycles. The average Bonchev–Trinajstić information content (AvgIpc) is 2.77. The number of nitrogens with zero attached hydrogens (tertiary/aromatic N) is 1. The third-order valence-corrected chi connectivity index (χ3v) is 6.20. The van der Waals surface area contributed by atoms with Crippen LogP contribution in [-0.4, -0.2) is 58.0 Å². The Morgan fingerprint density at radius 1 is 0.969 bits per heavy atom. The van der Waals surface area contributed by atoms with E-state index in [1.54, 1.807) is 6.07 Å². The van der Waals surface area contributed by atoms with Gasteiger partial charge in [0, 0.05) is 18.8 Å². The minimum Gasteiger partial charge on any atom is -0.394 e. The SMILES string of the molecule is OC[C@H]1O[C@@H](c2ccc3c(c2)N(Cc2ccc(C(F)(F)F)cc2)CCC3)[C@H](O)[C@@H](O)[C@@H]1O. The van der Waals surface area contributed by atoms with Gasteiger partial charge in [-0.3, -0.25) is 0 Å². The lowest BCUT2D eigenvalue weighted by atomic mass is 9.89. The van der Waals surface area contributed by atoms with Crippen LogP contribution in [0.4, 0.5) is 18.9 Å². The van der Waals surface area contributed by atoms with Gasteiger partial charge >= 0.3 is 6.18 Å². The van der Waals surface area contributed by atoms with Crippen LogP contribution in [0.15, 0.2) is 42.5 Å². The van der Waals surface area contributed by atoms with Crippen molar-refractivity contribution in [1.82, 2.24) is 0 Å². The Hall–Kier alpha value is -2.17. The normalized spacial score (nSPS) is 28.5. The predicted octanol–water partition coefficient (Wildman–Crippen LogP) is 2.17. The molecule has 1 saturated heterocycles. The van der Waals surface area contributed by atoms with E-state index in [1.807, 2.05) is 12.1 Å². The first-order valence-electron chi connectivity index (χ1n) is 10.5. The second-order valence-corrected chi connectivity index (χ2v) is 8.36. The molecule has 0 aromatic heterocycles. The van der Waals surface area contributed by atoms with E-state index in [2.05, 4.69) is 4.90 Å². The molecule has 0 bridgehead atoms. The van der Waals surface area contributed by atoms with Gasteiger partial charge in [-0.25, -0.2) is 0 Å². The molecule has 9 heteroatoms. The Balaban J connectivity index is 1.58. The van der Waals surface area contributed by atoms with Gasteiger partial charge in [-0.2, -0.15) is 13.2 Å². The van der Waals surface area contributed by atoms with Crippen LogP contribution in [0.25, 0.3) is 0 Å². The van der Waals surface area contributed by atoms with E-state index >= 15 is 0 Å². The van der Waals surface area contributed by atoms with Crippen molar-refractivity contribution in [3.05, 3.63) is 64.7 Å². The number of ether oxygens (including phenoxy) is 1. The smallest absolute Gasteiger partial charge is 0.394 e. The van der Waals surface area contributed by atoms with Crippen molar-refractivity contribution >= 4 is 5.69 Å². The number of aryl methyl sites for hydroxylation is 1. The minimum absolute atomic E-state index is 0.420. The maximum atomic E-state index is 12.8. The molecule has 6 nitrogen and oxygen atoms in total. The Labute approximate surface area is 183 Å². The highest BCUT2D eigenvalue weighted by Gasteiger charge is 2.44. The number of anilines is 1. The van der Waals surface area contributed by atoms with Gasteiger partial charge < -0.3 is 30.1 Å². The Morgan fingerprint density at radius 3 is 2.34 bits per heavy atom. The lowest BCUT2D eigenvalue weighted by molar-refractivity contribution is -0.231. The first-order chi connectivity index (χ1) is 15.2. The second kappa shape index (κ2) is 8.99. The summed E-state index contributed by atoms with van der Waals surface area (Å²) in [5.41, 5.74) is 2.58. The zero-order chi connectivity index (χ0) is 23.0. The van der Waals surface area contributed by atoms with Crippen LogP contribution >= 0.6 is 0 Å². The minimum atomic E-state index is -4.38. The third kappa shape index (κ3) is 4.49. The van der Waals surface area contributed by atoms with E-state index in [-0.39, 0.29) is 0 Å². The molecule has 2 aliphatic rings. The molecule has 0 saturated carbocycles. The molecule has 4 rings (SSSR count). The van der Waals surface area contributed by atoms with Crippen molar-refractivity contribution in [1.29, 1.82) is 0 Å². The van der Waals surface area contributed by atoms with Crippen molar-refractivity contribution in [2.24, 2.45) is 0 Å². The van der Waals surface area contributed by atoms with Crippen molar-refractivity contribution < 1.29 is 38.3 Å². The molecule has 5 atom stereocenters. The van der Waals surface area contributed by atoms with Crippen LogP contribution < -0.4 is 4.90 Å². The third-order valence-electron chi connectivity index (χ3n) is 6.20. The number of hydrogen-bond acceptors (Lipinski definition) is 6. The summed E-state index contributed by atoms with van der Waals surface area (Å²) >= 11 is 0. The number of benzene rings is 2. The van der Waals surface area contributed by atoms with Crippen LogP contribution in [0.1, 0.15) is 34.8 Å². The maximum absolute atomic E-state index is 12.8. The largest absolute Gasteiger partial charge is 0.416 e. The summed E-state index contributed by atoms with van der Waals surface area (Å²) in [6, 6.07) is 10.6. The van der Waals surface area contributed by atoms with E-state index in [9.17, 15) is 33.6 Å². The lowest BCUT2D eigenvalue weighted by Gasteiger charge is -2.41. The van der Waals surface area contributed by atoms with Crippen molar-refractivity contribution in [3.8, 4) is 0 Å². The Bertz CT molecular complexity index is 934. The first-order valence-corrected chi connectivity index (χ1v) is 10.5. The summed E-state index contributed by atoms with van der Waals surface area (Å²) in [7, 11) is 0. The number of rotatable bonds is 4. The lowest BCUT2D eigenvalue weighted by Crippen LogP contribution is -2.55. The quantitative estimate of drug-likeness (QED) is 0.567. The second-order valence-electron chi connectivity index (χ2n) is 8.36. The number of halogens is 3. The highest BCUT2D eigenvalue weighted by molar-refractivity contribution is 5.58. The van der Waals surface area contributed by atoms with Gasteiger partial charge in [0.25, 0.3) is 0 Å². The summed E-state index contributed by atoms with van der Waals surface area (Å²) in [5.74, 6) is 0. The molecule has 0 unspecified atom stereocenters. The molecule has 4 N–H and O–H groups in total. The van der Waals surface area contributed by atoms with Gasteiger partial charge in [-0.1, -0.05) is 24.3 Å². The maximum Gasteiger partial charge on any atom is 0.416 e. The van der Waals surface area contributed by atoms with Crippen molar-refractivity contribution in [2.45, 2.75) is 56.1 Å². The molecular formula is C23H26F3NO5. The van der Waals surface area contributed by atoms with Gasteiger partial charge in [0.15, 0.2) is 0 Å². The molecule has 174 valence electrons. The van der Waals surface area contributed by atoms with Crippen LogP contribution in [0.5, 0.6) is 0 Å². The highest BCUT2D eigenvalue weighted by Crippen LogP contribution is 2.37. The van der Waals surface area contributed by atoms with E-state index in [0.29, 0.717) is 18.7 Å². The summed E-state index contributed by atoms with van der Waals surface area (Å²) < 4.78 is 44.2. The zero-order valence-corrected chi connectivity index (χ0v) is 17.2. The first kappa shape index (κ1) is 23.0. The van der Waals surface area contributed by atoms with Gasteiger partial charge in [0.2, 0.25) is 0 Å².